The molecule has 2 unspecified atom stereocenters. The number of hydrogen-bond donors (Lipinski definition) is 2. The number of nitrogens with two attached hydrogens (primary N) is 1. The summed E-state index contributed by atoms with van der Waals surface area (Å²) >= 11 is 0. The zero-order chi connectivity index (χ0) is 21.2. The van der Waals surface area contributed by atoms with E-state index in [0.717, 1.165) is 31.7 Å². The number of carboxylic acid groups (broad SMARTS) is 1. The van der Waals surface area contributed by atoms with E-state index in [1.54, 1.807) is 24.3 Å². The standard InChI is InChI=1S/C21H26N2O5S/c1-3-15-10-11-16(4-2)23(15)18-12-14(21(24)25)13-19(29(22,26)27)20(18)28-17-8-6-5-7-9-17/h5-9,12-13,15-16H,3-4,10-11H2,1-2H3,(H,24,25)(H2,22,26,27). The zero-order valence-electron chi connectivity index (χ0n) is 16.5. The largest absolute Gasteiger partial charge is 0.478 e. The van der Waals surface area contributed by atoms with Crippen molar-refractivity contribution >= 4 is 21.7 Å². The second-order valence-corrected chi connectivity index (χ2v) is 8.73. The van der Waals surface area contributed by atoms with Gasteiger partial charge in [0, 0.05) is 12.1 Å². The second kappa shape index (κ2) is 8.42. The van der Waals surface area contributed by atoms with E-state index in [4.69, 9.17) is 9.88 Å². The van der Waals surface area contributed by atoms with Crippen LogP contribution in [0.25, 0.3) is 0 Å². The van der Waals surface area contributed by atoms with Crippen molar-refractivity contribution in [2.75, 3.05) is 4.90 Å². The Morgan fingerprint density at radius 2 is 1.72 bits per heavy atom. The quantitative estimate of drug-likeness (QED) is 0.704. The lowest BCUT2D eigenvalue weighted by atomic mass is 10.1. The Bertz CT molecular complexity index is 980. The summed E-state index contributed by atoms with van der Waals surface area (Å²) in [5, 5.41) is 15.0. The molecule has 2 atom stereocenters. The van der Waals surface area contributed by atoms with Crippen LogP contribution in [0, 0.1) is 0 Å². The fourth-order valence-corrected chi connectivity index (χ4v) is 4.68. The summed E-state index contributed by atoms with van der Waals surface area (Å²) in [5.74, 6) is -0.702. The number of carbonyl (C=O) groups is 1. The van der Waals surface area contributed by atoms with E-state index >= 15 is 0 Å². The highest BCUT2D eigenvalue weighted by molar-refractivity contribution is 7.89. The third-order valence-corrected chi connectivity index (χ3v) is 6.31. The van der Waals surface area contributed by atoms with Crippen molar-refractivity contribution in [3.05, 3.63) is 48.0 Å². The summed E-state index contributed by atoms with van der Waals surface area (Å²) in [5.41, 5.74) is 0.315. The van der Waals surface area contributed by atoms with Gasteiger partial charge in [0.2, 0.25) is 10.0 Å². The Morgan fingerprint density at radius 1 is 1.14 bits per heavy atom. The van der Waals surface area contributed by atoms with Crippen molar-refractivity contribution in [1.29, 1.82) is 0 Å². The molecule has 7 nitrogen and oxygen atoms in total. The van der Waals surface area contributed by atoms with Gasteiger partial charge < -0.3 is 14.7 Å². The van der Waals surface area contributed by atoms with Gasteiger partial charge in [-0.3, -0.25) is 0 Å². The third kappa shape index (κ3) is 4.38. The van der Waals surface area contributed by atoms with Gasteiger partial charge in [-0.15, -0.1) is 0 Å². The summed E-state index contributed by atoms with van der Waals surface area (Å²) in [7, 11) is -4.23. The van der Waals surface area contributed by atoms with Crippen LogP contribution in [0.4, 0.5) is 5.69 Å². The molecule has 0 aliphatic carbocycles. The van der Waals surface area contributed by atoms with E-state index in [1.807, 2.05) is 6.07 Å². The van der Waals surface area contributed by atoms with Gasteiger partial charge in [-0.2, -0.15) is 0 Å². The average Bonchev–Trinajstić information content (AvgIpc) is 3.10. The maximum atomic E-state index is 12.4. The molecule has 0 spiro atoms. The first-order valence-corrected chi connectivity index (χ1v) is 11.3. The van der Waals surface area contributed by atoms with Gasteiger partial charge in [0.25, 0.3) is 0 Å². The molecular formula is C21H26N2O5S. The van der Waals surface area contributed by atoms with Crippen LogP contribution in [0.2, 0.25) is 0 Å². The highest BCUT2D eigenvalue weighted by Gasteiger charge is 2.36. The topological polar surface area (TPSA) is 110 Å². The highest BCUT2D eigenvalue weighted by Crippen LogP contribution is 2.44. The highest BCUT2D eigenvalue weighted by atomic mass is 32.2. The van der Waals surface area contributed by atoms with E-state index in [9.17, 15) is 18.3 Å². The van der Waals surface area contributed by atoms with Crippen molar-refractivity contribution in [3.8, 4) is 11.5 Å². The van der Waals surface area contributed by atoms with Crippen LogP contribution in [0.3, 0.4) is 0 Å². The number of hydrogen-bond acceptors (Lipinski definition) is 5. The first-order chi connectivity index (χ1) is 13.8. The molecule has 29 heavy (non-hydrogen) atoms. The summed E-state index contributed by atoms with van der Waals surface area (Å²) in [6.07, 6.45) is 3.59. The summed E-state index contributed by atoms with van der Waals surface area (Å²) in [6, 6.07) is 11.7. The summed E-state index contributed by atoms with van der Waals surface area (Å²) < 4.78 is 30.8. The van der Waals surface area contributed by atoms with Crippen LogP contribution < -0.4 is 14.8 Å². The molecule has 1 aliphatic rings. The van der Waals surface area contributed by atoms with Crippen molar-refractivity contribution in [1.82, 2.24) is 0 Å². The maximum absolute atomic E-state index is 12.4. The van der Waals surface area contributed by atoms with Crippen LogP contribution in [-0.2, 0) is 10.0 Å². The second-order valence-electron chi connectivity index (χ2n) is 7.20. The van der Waals surface area contributed by atoms with Gasteiger partial charge in [0.15, 0.2) is 5.75 Å². The van der Waals surface area contributed by atoms with Gasteiger partial charge in [-0.1, -0.05) is 32.0 Å². The predicted octanol–water partition coefficient (Wildman–Crippen LogP) is 3.98. The Labute approximate surface area is 171 Å². The Kier molecular flexibility index (Phi) is 6.14. The number of ether oxygens (including phenoxy) is 1. The molecule has 0 bridgehead atoms. The van der Waals surface area contributed by atoms with E-state index in [0.29, 0.717) is 11.4 Å². The number of carboxylic acids is 1. The first kappa shape index (κ1) is 21.1. The number of para-hydroxylation sites is 1. The Balaban J connectivity index is 2.28. The smallest absolute Gasteiger partial charge is 0.335 e. The molecule has 1 saturated heterocycles. The normalized spacial score (nSPS) is 19.3. The lowest BCUT2D eigenvalue weighted by molar-refractivity contribution is 0.0696. The Morgan fingerprint density at radius 3 is 2.21 bits per heavy atom. The molecule has 8 heteroatoms. The fourth-order valence-electron chi connectivity index (χ4n) is 3.98. The molecule has 1 heterocycles. The van der Waals surface area contributed by atoms with E-state index in [2.05, 4.69) is 18.7 Å². The maximum Gasteiger partial charge on any atom is 0.335 e. The van der Waals surface area contributed by atoms with Crippen LogP contribution in [-0.4, -0.2) is 31.6 Å². The van der Waals surface area contributed by atoms with Crippen molar-refractivity contribution < 1.29 is 23.1 Å². The van der Waals surface area contributed by atoms with Crippen LogP contribution in [0.5, 0.6) is 11.5 Å². The number of nitrogens with zero attached hydrogens (tertiary/aromatic N) is 1. The minimum Gasteiger partial charge on any atom is -0.478 e. The number of primary sulfonamides is 1. The molecule has 1 aliphatic heterocycles. The summed E-state index contributed by atoms with van der Waals surface area (Å²) in [4.78, 5) is 13.5. The minimum absolute atomic E-state index is 0.0718. The molecule has 156 valence electrons. The molecule has 1 fully saturated rings. The number of benzene rings is 2. The molecule has 3 N–H and O–H groups in total. The van der Waals surface area contributed by atoms with Crippen molar-refractivity contribution in [2.45, 2.75) is 56.5 Å². The van der Waals surface area contributed by atoms with E-state index in [1.165, 1.54) is 6.07 Å². The van der Waals surface area contributed by atoms with Crippen LogP contribution >= 0.6 is 0 Å². The molecule has 0 aromatic heterocycles. The molecule has 0 amide bonds. The predicted molar refractivity (Wildman–Crippen MR) is 111 cm³/mol. The number of rotatable bonds is 7. The lowest BCUT2D eigenvalue weighted by Crippen LogP contribution is -2.36. The molecule has 2 aromatic rings. The van der Waals surface area contributed by atoms with Crippen molar-refractivity contribution in [3.63, 3.8) is 0 Å². The third-order valence-electron chi connectivity index (χ3n) is 5.39. The van der Waals surface area contributed by atoms with Gasteiger partial charge in [-0.05, 0) is 49.9 Å². The fraction of sp³-hybridized carbons (Fsp3) is 0.381. The summed E-state index contributed by atoms with van der Waals surface area (Å²) in [6.45, 7) is 4.13. The number of sulfonamides is 1. The molecular weight excluding hydrogens is 392 g/mol. The molecule has 2 aromatic carbocycles. The molecule has 0 saturated carbocycles. The number of aromatic carboxylic acids is 1. The van der Waals surface area contributed by atoms with Gasteiger partial charge in [-0.25, -0.2) is 18.4 Å². The first-order valence-electron chi connectivity index (χ1n) is 9.71. The van der Waals surface area contributed by atoms with Crippen LogP contribution in [0.1, 0.15) is 49.9 Å². The SMILES string of the molecule is CCC1CCC(CC)N1c1cc(C(=O)O)cc(S(N)(=O)=O)c1Oc1ccccc1. The average molecular weight is 419 g/mol. The number of anilines is 1. The lowest BCUT2D eigenvalue weighted by Gasteiger charge is -2.34. The van der Waals surface area contributed by atoms with Gasteiger partial charge in [0.1, 0.15) is 10.6 Å². The monoisotopic (exact) mass is 418 g/mol. The zero-order valence-corrected chi connectivity index (χ0v) is 17.4. The Hall–Kier alpha value is -2.58. The molecule has 0 radical (unpaired) electrons. The van der Waals surface area contributed by atoms with Crippen LogP contribution in [0.15, 0.2) is 47.4 Å². The molecule has 3 rings (SSSR count). The van der Waals surface area contributed by atoms with E-state index in [-0.39, 0.29) is 28.3 Å². The minimum atomic E-state index is -4.23. The van der Waals surface area contributed by atoms with Gasteiger partial charge >= 0.3 is 5.97 Å². The van der Waals surface area contributed by atoms with Crippen molar-refractivity contribution in [2.24, 2.45) is 5.14 Å². The van der Waals surface area contributed by atoms with E-state index < -0.39 is 16.0 Å². The van der Waals surface area contributed by atoms with Gasteiger partial charge in [0.05, 0.1) is 11.3 Å².